The standard InChI is InChI=1S/C12H15FO5/c1-16-9-6-11(18-3)10(17-2)5-7(9)4-8(13)12(14)15/h5-6,8H,4H2,1-3H3,(H,14,15). The molecule has 18 heavy (non-hydrogen) atoms. The van der Waals surface area contributed by atoms with E-state index in [4.69, 9.17) is 19.3 Å². The van der Waals surface area contributed by atoms with Crippen LogP contribution in [-0.2, 0) is 11.2 Å². The number of carboxylic acid groups (broad SMARTS) is 1. The van der Waals surface area contributed by atoms with Crippen LogP contribution in [-0.4, -0.2) is 38.6 Å². The smallest absolute Gasteiger partial charge is 0.338 e. The number of halogens is 1. The van der Waals surface area contributed by atoms with Crippen molar-refractivity contribution >= 4 is 5.97 Å². The predicted octanol–water partition coefficient (Wildman–Crippen LogP) is 1.68. The fourth-order valence-electron chi connectivity index (χ4n) is 1.53. The molecule has 6 heteroatoms. The summed E-state index contributed by atoms with van der Waals surface area (Å²) in [4.78, 5) is 10.5. The first kappa shape index (κ1) is 14.1. The third kappa shape index (κ3) is 3.03. The van der Waals surface area contributed by atoms with Crippen LogP contribution in [0.2, 0.25) is 0 Å². The molecular formula is C12H15FO5. The zero-order chi connectivity index (χ0) is 13.7. The molecule has 100 valence electrons. The number of aliphatic carboxylic acids is 1. The molecule has 1 rings (SSSR count). The quantitative estimate of drug-likeness (QED) is 0.841. The van der Waals surface area contributed by atoms with Crippen molar-refractivity contribution in [1.82, 2.24) is 0 Å². The summed E-state index contributed by atoms with van der Waals surface area (Å²) in [6.45, 7) is 0. The topological polar surface area (TPSA) is 65.0 Å². The highest BCUT2D eigenvalue weighted by molar-refractivity contribution is 5.72. The Bertz CT molecular complexity index is 433. The van der Waals surface area contributed by atoms with Gasteiger partial charge in [0.1, 0.15) is 5.75 Å². The molecule has 1 unspecified atom stereocenters. The second kappa shape index (κ2) is 6.09. The Morgan fingerprint density at radius 3 is 2.11 bits per heavy atom. The molecule has 0 aliphatic heterocycles. The highest BCUT2D eigenvalue weighted by Gasteiger charge is 2.20. The van der Waals surface area contributed by atoms with Crippen LogP contribution >= 0.6 is 0 Å². The number of carbonyl (C=O) groups is 1. The molecule has 1 aromatic rings. The lowest BCUT2D eigenvalue weighted by Gasteiger charge is -2.14. The lowest BCUT2D eigenvalue weighted by molar-refractivity contribution is -0.142. The van der Waals surface area contributed by atoms with Crippen molar-refractivity contribution < 1.29 is 28.5 Å². The first-order valence-electron chi connectivity index (χ1n) is 5.19. The summed E-state index contributed by atoms with van der Waals surface area (Å²) < 4.78 is 28.4. The van der Waals surface area contributed by atoms with E-state index in [0.717, 1.165) is 0 Å². The number of hydrogen-bond donors (Lipinski definition) is 1. The molecule has 0 spiro atoms. The summed E-state index contributed by atoms with van der Waals surface area (Å²) in [5, 5.41) is 8.56. The van der Waals surface area contributed by atoms with E-state index in [2.05, 4.69) is 0 Å². The van der Waals surface area contributed by atoms with Crippen LogP contribution in [0.25, 0.3) is 0 Å². The van der Waals surface area contributed by atoms with Crippen molar-refractivity contribution in [2.24, 2.45) is 0 Å². The maximum atomic E-state index is 13.2. The number of alkyl halides is 1. The van der Waals surface area contributed by atoms with Gasteiger partial charge in [0.25, 0.3) is 0 Å². The van der Waals surface area contributed by atoms with E-state index in [1.807, 2.05) is 0 Å². The SMILES string of the molecule is COc1cc(OC)c(OC)cc1CC(F)C(=O)O. The van der Waals surface area contributed by atoms with Gasteiger partial charge in [-0.3, -0.25) is 0 Å². The molecule has 0 fully saturated rings. The molecular weight excluding hydrogens is 243 g/mol. The maximum absolute atomic E-state index is 13.2. The van der Waals surface area contributed by atoms with Gasteiger partial charge in [0.15, 0.2) is 11.5 Å². The van der Waals surface area contributed by atoms with Gasteiger partial charge in [-0.15, -0.1) is 0 Å². The fourth-order valence-corrected chi connectivity index (χ4v) is 1.53. The van der Waals surface area contributed by atoms with E-state index in [-0.39, 0.29) is 6.42 Å². The minimum absolute atomic E-state index is 0.293. The minimum Gasteiger partial charge on any atom is -0.496 e. The van der Waals surface area contributed by atoms with E-state index in [1.54, 1.807) is 0 Å². The van der Waals surface area contributed by atoms with Gasteiger partial charge in [-0.2, -0.15) is 0 Å². The minimum atomic E-state index is -1.99. The zero-order valence-corrected chi connectivity index (χ0v) is 10.4. The molecule has 0 aromatic heterocycles. The Morgan fingerprint density at radius 1 is 1.17 bits per heavy atom. The molecule has 0 saturated heterocycles. The average molecular weight is 258 g/mol. The van der Waals surface area contributed by atoms with Gasteiger partial charge in [-0.05, 0) is 6.07 Å². The van der Waals surface area contributed by atoms with Crippen LogP contribution in [0.5, 0.6) is 17.2 Å². The van der Waals surface area contributed by atoms with Gasteiger partial charge >= 0.3 is 5.97 Å². The van der Waals surface area contributed by atoms with E-state index in [0.29, 0.717) is 22.8 Å². The number of carboxylic acids is 1. The summed E-state index contributed by atoms with van der Waals surface area (Å²) in [6, 6.07) is 3.04. The molecule has 1 atom stereocenters. The molecule has 0 amide bonds. The Kier molecular flexibility index (Phi) is 4.76. The molecule has 0 aliphatic rings. The van der Waals surface area contributed by atoms with Crippen molar-refractivity contribution in [2.45, 2.75) is 12.6 Å². The second-order valence-corrected chi connectivity index (χ2v) is 3.53. The summed E-state index contributed by atoms with van der Waals surface area (Å²) >= 11 is 0. The Hall–Kier alpha value is -1.98. The van der Waals surface area contributed by atoms with E-state index in [9.17, 15) is 9.18 Å². The van der Waals surface area contributed by atoms with Crippen LogP contribution in [0.15, 0.2) is 12.1 Å². The summed E-state index contributed by atoms with van der Waals surface area (Å²) in [5.41, 5.74) is 0.407. The van der Waals surface area contributed by atoms with Crippen LogP contribution in [0.1, 0.15) is 5.56 Å². The average Bonchev–Trinajstić information content (AvgIpc) is 2.37. The molecule has 0 aliphatic carbocycles. The van der Waals surface area contributed by atoms with Crippen molar-refractivity contribution in [3.05, 3.63) is 17.7 Å². The van der Waals surface area contributed by atoms with Crippen LogP contribution in [0.3, 0.4) is 0 Å². The predicted molar refractivity (Wildman–Crippen MR) is 62.3 cm³/mol. The van der Waals surface area contributed by atoms with Gasteiger partial charge in [0.05, 0.1) is 21.3 Å². The van der Waals surface area contributed by atoms with Gasteiger partial charge < -0.3 is 19.3 Å². The molecule has 0 radical (unpaired) electrons. The molecule has 1 N–H and O–H groups in total. The van der Waals surface area contributed by atoms with Crippen molar-refractivity contribution in [2.75, 3.05) is 21.3 Å². The van der Waals surface area contributed by atoms with Gasteiger partial charge in [-0.1, -0.05) is 0 Å². The first-order chi connectivity index (χ1) is 8.53. The number of rotatable bonds is 6. The summed E-state index contributed by atoms with van der Waals surface area (Å²) in [6.07, 6.45) is -2.28. The zero-order valence-electron chi connectivity index (χ0n) is 10.4. The molecule has 0 saturated carbocycles. The van der Waals surface area contributed by atoms with E-state index in [1.165, 1.54) is 33.5 Å². The van der Waals surface area contributed by atoms with Gasteiger partial charge in [0, 0.05) is 18.1 Å². The van der Waals surface area contributed by atoms with E-state index < -0.39 is 12.1 Å². The number of ether oxygens (including phenoxy) is 3. The van der Waals surface area contributed by atoms with E-state index >= 15 is 0 Å². The Morgan fingerprint density at radius 2 is 1.67 bits per heavy atom. The molecule has 0 heterocycles. The van der Waals surface area contributed by atoms with Gasteiger partial charge in [0.2, 0.25) is 6.17 Å². The van der Waals surface area contributed by atoms with Crippen molar-refractivity contribution in [3.8, 4) is 17.2 Å². The molecule has 1 aromatic carbocycles. The molecule has 5 nitrogen and oxygen atoms in total. The largest absolute Gasteiger partial charge is 0.496 e. The fraction of sp³-hybridized carbons (Fsp3) is 0.417. The number of benzene rings is 1. The van der Waals surface area contributed by atoms with Crippen LogP contribution in [0.4, 0.5) is 4.39 Å². The van der Waals surface area contributed by atoms with Crippen LogP contribution in [0, 0.1) is 0 Å². The van der Waals surface area contributed by atoms with Crippen molar-refractivity contribution in [1.29, 1.82) is 0 Å². The number of methoxy groups -OCH3 is 3. The van der Waals surface area contributed by atoms with Crippen LogP contribution < -0.4 is 14.2 Å². The number of hydrogen-bond acceptors (Lipinski definition) is 4. The molecule has 0 bridgehead atoms. The lowest BCUT2D eigenvalue weighted by Crippen LogP contribution is -2.17. The normalized spacial score (nSPS) is 11.8. The van der Waals surface area contributed by atoms with Gasteiger partial charge in [-0.25, -0.2) is 9.18 Å². The highest BCUT2D eigenvalue weighted by Crippen LogP contribution is 2.35. The monoisotopic (exact) mass is 258 g/mol. The summed E-state index contributed by atoms with van der Waals surface area (Å²) in [5.74, 6) is -0.321. The lowest BCUT2D eigenvalue weighted by atomic mass is 10.1. The Labute approximate surface area is 104 Å². The Balaban J connectivity index is 3.13. The summed E-state index contributed by atoms with van der Waals surface area (Å²) in [7, 11) is 4.32. The first-order valence-corrected chi connectivity index (χ1v) is 5.19. The van der Waals surface area contributed by atoms with Crippen molar-refractivity contribution in [3.63, 3.8) is 0 Å². The third-order valence-corrected chi connectivity index (χ3v) is 2.45. The maximum Gasteiger partial charge on any atom is 0.338 e. The highest BCUT2D eigenvalue weighted by atomic mass is 19.1. The third-order valence-electron chi connectivity index (χ3n) is 2.45. The second-order valence-electron chi connectivity index (χ2n) is 3.53.